The number of hydrogen-bond donors (Lipinski definition) is 1. The molecule has 0 bridgehead atoms. The van der Waals surface area contributed by atoms with Crippen molar-refractivity contribution >= 4 is 17.0 Å². The quantitative estimate of drug-likeness (QED) is 0.594. The Morgan fingerprint density at radius 1 is 1.32 bits per heavy atom. The summed E-state index contributed by atoms with van der Waals surface area (Å²) in [6.07, 6.45) is 2.97. The van der Waals surface area contributed by atoms with E-state index < -0.39 is 6.04 Å². The number of carbonyl (C=O) groups is 1. The Labute approximate surface area is 141 Å². The molecule has 0 saturated heterocycles. The number of carbonyl (C=O) groups excluding carboxylic acids is 1. The first-order chi connectivity index (χ1) is 12.2. The van der Waals surface area contributed by atoms with Crippen LogP contribution in [0.25, 0.3) is 11.1 Å². The molecule has 25 heavy (non-hydrogen) atoms. The number of rotatable bonds is 2. The van der Waals surface area contributed by atoms with E-state index in [1.54, 1.807) is 18.3 Å². The Kier molecular flexibility index (Phi) is 2.78. The van der Waals surface area contributed by atoms with Crippen LogP contribution in [0, 0.1) is 0 Å². The third kappa shape index (κ3) is 1.98. The van der Waals surface area contributed by atoms with E-state index in [4.69, 9.17) is 4.42 Å². The van der Waals surface area contributed by atoms with E-state index in [-0.39, 0.29) is 11.7 Å². The van der Waals surface area contributed by atoms with Crippen LogP contribution in [0.15, 0.2) is 41.3 Å². The first-order valence-electron chi connectivity index (χ1n) is 7.75. The van der Waals surface area contributed by atoms with E-state index in [0.717, 1.165) is 16.9 Å². The second kappa shape index (κ2) is 5.00. The largest absolute Gasteiger partial charge is 0.438 e. The van der Waals surface area contributed by atoms with Crippen molar-refractivity contribution < 1.29 is 9.21 Å². The number of amides is 1. The van der Waals surface area contributed by atoms with Gasteiger partial charge in [-0.25, -0.2) is 19.6 Å². The number of H-pyrrole nitrogens is 1. The number of oxazole rings is 1. The fraction of sp³-hybridized carbons (Fsp3) is 0.188. The van der Waals surface area contributed by atoms with Crippen molar-refractivity contribution in [3.8, 4) is 0 Å². The zero-order valence-corrected chi connectivity index (χ0v) is 13.2. The number of nitrogens with zero attached hydrogens (tertiary/aromatic N) is 6. The molecule has 9 nitrogen and oxygen atoms in total. The average molecular weight is 335 g/mol. The number of aromatic amines is 1. The predicted octanol–water partition coefficient (Wildman–Crippen LogP) is 1.42. The van der Waals surface area contributed by atoms with Crippen molar-refractivity contribution in [3.63, 3.8) is 0 Å². The van der Waals surface area contributed by atoms with Gasteiger partial charge in [0, 0.05) is 7.05 Å². The molecule has 1 aromatic carbocycles. The summed E-state index contributed by atoms with van der Waals surface area (Å²) in [6, 6.07) is 7.00. The summed E-state index contributed by atoms with van der Waals surface area (Å²) in [4.78, 5) is 30.7. The van der Waals surface area contributed by atoms with Crippen LogP contribution in [0.3, 0.4) is 0 Å². The zero-order valence-electron chi connectivity index (χ0n) is 13.2. The van der Waals surface area contributed by atoms with Gasteiger partial charge in [0.15, 0.2) is 11.6 Å². The van der Waals surface area contributed by atoms with Crippen molar-refractivity contribution in [2.45, 2.75) is 12.6 Å². The Balaban J connectivity index is 1.63. The van der Waals surface area contributed by atoms with Crippen LogP contribution in [0.5, 0.6) is 0 Å². The van der Waals surface area contributed by atoms with Crippen molar-refractivity contribution in [2.75, 3.05) is 0 Å². The van der Waals surface area contributed by atoms with E-state index >= 15 is 0 Å². The van der Waals surface area contributed by atoms with Gasteiger partial charge in [-0.05, 0) is 12.1 Å². The normalized spacial score (nSPS) is 16.5. The molecule has 1 aliphatic rings. The van der Waals surface area contributed by atoms with E-state index in [1.165, 1.54) is 11.0 Å². The number of benzene rings is 1. The topological polar surface area (TPSA) is 106 Å². The molecule has 1 amide bonds. The molecule has 3 aromatic heterocycles. The summed E-state index contributed by atoms with van der Waals surface area (Å²) in [5, 5.41) is 3.97. The van der Waals surface area contributed by atoms with Crippen LogP contribution in [-0.2, 0) is 13.6 Å². The smallest absolute Gasteiger partial charge is 0.292 e. The van der Waals surface area contributed by atoms with Crippen LogP contribution < -0.4 is 0 Å². The van der Waals surface area contributed by atoms with E-state index in [1.807, 2.05) is 24.3 Å². The highest BCUT2D eigenvalue weighted by atomic mass is 16.4. The molecule has 5 rings (SSSR count). The van der Waals surface area contributed by atoms with Gasteiger partial charge in [0.2, 0.25) is 11.7 Å². The van der Waals surface area contributed by atoms with Gasteiger partial charge < -0.3 is 14.3 Å². The molecule has 1 atom stereocenters. The molecule has 124 valence electrons. The molecule has 1 N–H and O–H groups in total. The standard InChI is InChI=1S/C16H13N7O2/c1-22-14(19-8-20-22)16(24)23-6-10-12(18-7-17-10)13(23)15-21-9-4-2-3-5-11(9)25-15/h2-5,7-8,13H,6H2,1H3,(H,17,18)/t13-/m0/s1. The Bertz CT molecular complexity index is 1060. The predicted molar refractivity (Wildman–Crippen MR) is 85.3 cm³/mol. The molecule has 0 saturated carbocycles. The molecular formula is C16H13N7O2. The molecule has 0 aliphatic carbocycles. The lowest BCUT2D eigenvalue weighted by molar-refractivity contribution is 0.0679. The monoisotopic (exact) mass is 335 g/mol. The second-order valence-corrected chi connectivity index (χ2v) is 5.83. The summed E-state index contributed by atoms with van der Waals surface area (Å²) in [6.45, 7) is 0.379. The number of nitrogens with one attached hydrogen (secondary N) is 1. The minimum atomic E-state index is -0.502. The van der Waals surface area contributed by atoms with Crippen molar-refractivity contribution in [1.29, 1.82) is 0 Å². The molecular weight excluding hydrogens is 322 g/mol. The van der Waals surface area contributed by atoms with Crippen LogP contribution in [-0.4, -0.2) is 40.5 Å². The highest BCUT2D eigenvalue weighted by molar-refractivity contribution is 5.91. The maximum atomic E-state index is 13.0. The van der Waals surface area contributed by atoms with E-state index in [9.17, 15) is 4.79 Å². The Morgan fingerprint density at radius 2 is 2.20 bits per heavy atom. The first kappa shape index (κ1) is 13.9. The summed E-state index contributed by atoms with van der Waals surface area (Å²) in [5.41, 5.74) is 3.02. The third-order valence-corrected chi connectivity index (χ3v) is 4.36. The van der Waals surface area contributed by atoms with Gasteiger partial charge in [0.1, 0.15) is 11.8 Å². The maximum Gasteiger partial charge on any atom is 0.292 e. The molecule has 0 unspecified atom stereocenters. The van der Waals surface area contributed by atoms with Gasteiger partial charge >= 0.3 is 0 Å². The summed E-state index contributed by atoms with van der Waals surface area (Å²) in [5.74, 6) is 0.437. The molecule has 9 heteroatoms. The maximum absolute atomic E-state index is 13.0. The van der Waals surface area contributed by atoms with Gasteiger partial charge in [0.05, 0.1) is 24.3 Å². The molecule has 0 spiro atoms. The lowest BCUT2D eigenvalue weighted by atomic mass is 10.2. The van der Waals surface area contributed by atoms with E-state index in [2.05, 4.69) is 25.0 Å². The summed E-state index contributed by atoms with van der Waals surface area (Å²) >= 11 is 0. The fourth-order valence-corrected chi connectivity index (χ4v) is 3.17. The molecule has 0 radical (unpaired) electrons. The molecule has 4 heterocycles. The molecule has 0 fully saturated rings. The summed E-state index contributed by atoms with van der Waals surface area (Å²) in [7, 11) is 1.68. The highest BCUT2D eigenvalue weighted by Crippen LogP contribution is 2.38. The third-order valence-electron chi connectivity index (χ3n) is 4.36. The molecule has 1 aliphatic heterocycles. The summed E-state index contributed by atoms with van der Waals surface area (Å²) < 4.78 is 7.35. The number of imidazole rings is 1. The van der Waals surface area contributed by atoms with Crippen molar-refractivity contribution in [3.05, 3.63) is 60.0 Å². The van der Waals surface area contributed by atoms with Gasteiger partial charge in [-0.3, -0.25) is 4.79 Å². The van der Waals surface area contributed by atoms with Gasteiger partial charge in [-0.15, -0.1) is 0 Å². The minimum Gasteiger partial charge on any atom is -0.438 e. The zero-order chi connectivity index (χ0) is 17.0. The first-order valence-corrected chi connectivity index (χ1v) is 7.75. The Hall–Kier alpha value is -3.49. The average Bonchev–Trinajstić information content (AvgIpc) is 3.36. The SMILES string of the molecule is Cn1ncnc1C(=O)N1Cc2[nH]cnc2[C@H]1c1nc2ccccc2o1. The molecule has 4 aromatic rings. The van der Waals surface area contributed by atoms with Crippen molar-refractivity contribution in [1.82, 2.24) is 34.6 Å². The van der Waals surface area contributed by atoms with Gasteiger partial charge in [-0.1, -0.05) is 12.1 Å². The minimum absolute atomic E-state index is 0.251. The number of para-hydroxylation sites is 2. The van der Waals surface area contributed by atoms with Crippen LogP contribution in [0.1, 0.15) is 33.9 Å². The highest BCUT2D eigenvalue weighted by Gasteiger charge is 2.41. The number of fused-ring (bicyclic) bond motifs is 2. The van der Waals surface area contributed by atoms with Crippen LogP contribution >= 0.6 is 0 Å². The lowest BCUT2D eigenvalue weighted by Crippen LogP contribution is -2.32. The number of aromatic nitrogens is 6. The number of aryl methyl sites for hydroxylation is 1. The second-order valence-electron chi connectivity index (χ2n) is 5.83. The number of hydrogen-bond acceptors (Lipinski definition) is 6. The van der Waals surface area contributed by atoms with Gasteiger partial charge in [0.25, 0.3) is 5.91 Å². The Morgan fingerprint density at radius 3 is 3.00 bits per heavy atom. The van der Waals surface area contributed by atoms with Crippen molar-refractivity contribution in [2.24, 2.45) is 7.05 Å². The van der Waals surface area contributed by atoms with Crippen LogP contribution in [0.4, 0.5) is 0 Å². The van der Waals surface area contributed by atoms with Crippen LogP contribution in [0.2, 0.25) is 0 Å². The van der Waals surface area contributed by atoms with E-state index in [0.29, 0.717) is 18.0 Å². The fourth-order valence-electron chi connectivity index (χ4n) is 3.17. The lowest BCUT2D eigenvalue weighted by Gasteiger charge is -2.21. The van der Waals surface area contributed by atoms with Gasteiger partial charge in [-0.2, -0.15) is 5.10 Å².